The van der Waals surface area contributed by atoms with Crippen LogP contribution in [-0.4, -0.2) is 37.7 Å². The highest BCUT2D eigenvalue weighted by Gasteiger charge is 2.14. The van der Waals surface area contributed by atoms with Gasteiger partial charge in [0.2, 0.25) is 0 Å². The molecule has 1 fully saturated rings. The fraction of sp³-hybridized carbons (Fsp3) is 0.304. The Morgan fingerprint density at radius 2 is 1.70 bits per heavy atom. The largest absolute Gasteiger partial charge is 0.489 e. The Morgan fingerprint density at radius 1 is 0.926 bits per heavy atom. The molecule has 27 heavy (non-hydrogen) atoms. The van der Waals surface area contributed by atoms with Gasteiger partial charge >= 0.3 is 0 Å². The molecule has 0 aromatic heterocycles. The second-order valence-electron chi connectivity index (χ2n) is 6.88. The van der Waals surface area contributed by atoms with Gasteiger partial charge in [0, 0.05) is 30.2 Å². The summed E-state index contributed by atoms with van der Waals surface area (Å²) in [6.45, 7) is 5.23. The van der Waals surface area contributed by atoms with E-state index in [4.69, 9.17) is 21.1 Å². The highest BCUT2D eigenvalue weighted by Crippen LogP contribution is 2.29. The molecule has 0 amide bonds. The van der Waals surface area contributed by atoms with Crippen molar-refractivity contribution in [1.82, 2.24) is 4.90 Å². The van der Waals surface area contributed by atoms with Crippen molar-refractivity contribution in [3.63, 3.8) is 0 Å². The van der Waals surface area contributed by atoms with Crippen LogP contribution in [0, 0.1) is 0 Å². The van der Waals surface area contributed by atoms with Gasteiger partial charge in [0.25, 0.3) is 0 Å². The zero-order chi connectivity index (χ0) is 18.5. The smallest absolute Gasteiger partial charge is 0.123 e. The van der Waals surface area contributed by atoms with Crippen molar-refractivity contribution >= 4 is 22.4 Å². The number of fused-ring (bicyclic) bond motifs is 1. The summed E-state index contributed by atoms with van der Waals surface area (Å²) in [4.78, 5) is 2.47. The first-order valence-corrected chi connectivity index (χ1v) is 9.85. The summed E-state index contributed by atoms with van der Waals surface area (Å²) in [5, 5.41) is 3.28. The van der Waals surface area contributed by atoms with Gasteiger partial charge in [-0.2, -0.15) is 0 Å². The van der Waals surface area contributed by atoms with Crippen molar-refractivity contribution < 1.29 is 9.47 Å². The minimum Gasteiger partial charge on any atom is -0.489 e. The zero-order valence-corrected chi connectivity index (χ0v) is 16.1. The second-order valence-corrected chi connectivity index (χ2v) is 7.32. The third-order valence-electron chi connectivity index (χ3n) is 5.09. The van der Waals surface area contributed by atoms with Crippen molar-refractivity contribution in [2.24, 2.45) is 0 Å². The summed E-state index contributed by atoms with van der Waals surface area (Å²) in [5.41, 5.74) is 2.40. The van der Waals surface area contributed by atoms with Crippen LogP contribution in [0.3, 0.4) is 0 Å². The maximum atomic E-state index is 6.22. The van der Waals surface area contributed by atoms with E-state index in [0.717, 1.165) is 55.6 Å². The quantitative estimate of drug-likeness (QED) is 0.603. The molecule has 0 spiro atoms. The third-order valence-corrected chi connectivity index (χ3v) is 5.34. The minimum atomic E-state index is 0.542. The molecule has 4 rings (SSSR count). The predicted octanol–water partition coefficient (Wildman–Crippen LogP) is 4.95. The summed E-state index contributed by atoms with van der Waals surface area (Å²) < 4.78 is 11.7. The fourth-order valence-corrected chi connectivity index (χ4v) is 3.67. The van der Waals surface area contributed by atoms with E-state index in [2.05, 4.69) is 41.3 Å². The molecule has 0 radical (unpaired) electrons. The Morgan fingerprint density at radius 3 is 2.52 bits per heavy atom. The van der Waals surface area contributed by atoms with Crippen molar-refractivity contribution in [3.05, 3.63) is 76.8 Å². The van der Waals surface area contributed by atoms with Crippen LogP contribution in [0.2, 0.25) is 5.02 Å². The first-order chi connectivity index (χ1) is 13.3. The van der Waals surface area contributed by atoms with Gasteiger partial charge < -0.3 is 9.47 Å². The summed E-state index contributed by atoms with van der Waals surface area (Å²) in [6, 6.07) is 20.6. The summed E-state index contributed by atoms with van der Waals surface area (Å²) in [5.74, 6) is 0.969. The fourth-order valence-electron chi connectivity index (χ4n) is 3.55. The van der Waals surface area contributed by atoms with Crippen molar-refractivity contribution in [3.8, 4) is 5.75 Å². The average molecular weight is 382 g/mol. The van der Waals surface area contributed by atoms with Crippen LogP contribution in [0.15, 0.2) is 60.7 Å². The Hall–Kier alpha value is -2.07. The molecule has 1 aliphatic rings. The molecule has 3 aromatic rings. The lowest BCUT2D eigenvalue weighted by atomic mass is 10.0. The number of halogens is 1. The Kier molecular flexibility index (Phi) is 5.93. The number of hydrogen-bond donors (Lipinski definition) is 0. The molecule has 3 aromatic carbocycles. The van der Waals surface area contributed by atoms with Gasteiger partial charge in [-0.3, -0.25) is 4.90 Å². The third kappa shape index (κ3) is 4.62. The van der Waals surface area contributed by atoms with Crippen molar-refractivity contribution in [1.29, 1.82) is 0 Å². The number of benzene rings is 3. The van der Waals surface area contributed by atoms with E-state index in [1.54, 1.807) is 0 Å². The van der Waals surface area contributed by atoms with E-state index in [0.29, 0.717) is 6.61 Å². The normalized spacial score (nSPS) is 15.1. The lowest BCUT2D eigenvalue weighted by molar-refractivity contribution is 0.0384. The summed E-state index contributed by atoms with van der Waals surface area (Å²) in [6.07, 6.45) is 0.970. The van der Waals surface area contributed by atoms with Gasteiger partial charge in [0.05, 0.1) is 13.2 Å². The van der Waals surface area contributed by atoms with E-state index in [1.807, 2.05) is 24.3 Å². The van der Waals surface area contributed by atoms with Gasteiger partial charge in [0.15, 0.2) is 0 Å². The van der Waals surface area contributed by atoms with E-state index in [-0.39, 0.29) is 0 Å². The Balaban J connectivity index is 1.55. The van der Waals surface area contributed by atoms with E-state index < -0.39 is 0 Å². The predicted molar refractivity (Wildman–Crippen MR) is 111 cm³/mol. The van der Waals surface area contributed by atoms with Crippen LogP contribution in [0.4, 0.5) is 0 Å². The molecule has 1 aliphatic heterocycles. The van der Waals surface area contributed by atoms with Crippen molar-refractivity contribution in [2.45, 2.75) is 13.0 Å². The highest BCUT2D eigenvalue weighted by atomic mass is 35.5. The molecule has 0 saturated carbocycles. The maximum absolute atomic E-state index is 6.22. The lowest BCUT2D eigenvalue weighted by Gasteiger charge is -2.27. The average Bonchev–Trinajstić information content (AvgIpc) is 2.73. The summed E-state index contributed by atoms with van der Waals surface area (Å²) in [7, 11) is 0. The highest BCUT2D eigenvalue weighted by molar-refractivity contribution is 6.30. The van der Waals surface area contributed by atoms with Crippen LogP contribution in [0.5, 0.6) is 5.75 Å². The van der Waals surface area contributed by atoms with Gasteiger partial charge in [-0.1, -0.05) is 54.1 Å². The molecular weight excluding hydrogens is 358 g/mol. The summed E-state index contributed by atoms with van der Waals surface area (Å²) >= 11 is 5.98. The van der Waals surface area contributed by atoms with Crippen LogP contribution in [-0.2, 0) is 17.8 Å². The molecule has 4 heteroatoms. The molecule has 0 N–H and O–H groups in total. The number of ether oxygens (including phenoxy) is 2. The molecule has 1 heterocycles. The monoisotopic (exact) mass is 381 g/mol. The number of rotatable bonds is 6. The number of nitrogens with zero attached hydrogens (tertiary/aromatic N) is 1. The second kappa shape index (κ2) is 8.75. The van der Waals surface area contributed by atoms with Crippen molar-refractivity contribution in [2.75, 3.05) is 32.8 Å². The molecule has 0 atom stereocenters. The van der Waals surface area contributed by atoms with Crippen LogP contribution < -0.4 is 4.74 Å². The standard InChI is InChI=1S/C23H24ClNO2/c24-20-8-5-18(6-9-20)17-27-23-10-7-19-3-1-2-4-21(19)22(23)11-12-25-13-15-26-16-14-25/h1-10H,11-17H2. The first kappa shape index (κ1) is 18.3. The zero-order valence-electron chi connectivity index (χ0n) is 15.4. The molecule has 0 aliphatic carbocycles. The molecule has 1 saturated heterocycles. The van der Waals surface area contributed by atoms with Gasteiger partial charge in [-0.05, 0) is 41.0 Å². The van der Waals surface area contributed by atoms with E-state index in [1.165, 1.54) is 16.3 Å². The van der Waals surface area contributed by atoms with Crippen LogP contribution >= 0.6 is 11.6 Å². The SMILES string of the molecule is Clc1ccc(COc2ccc3ccccc3c2CCN2CCOCC2)cc1. The number of hydrogen-bond acceptors (Lipinski definition) is 3. The Bertz CT molecular complexity index is 889. The van der Waals surface area contributed by atoms with Crippen LogP contribution in [0.25, 0.3) is 10.8 Å². The Labute approximate surface area is 165 Å². The molecule has 140 valence electrons. The number of morpholine rings is 1. The van der Waals surface area contributed by atoms with Gasteiger partial charge in [-0.25, -0.2) is 0 Å². The molecular formula is C23H24ClNO2. The minimum absolute atomic E-state index is 0.542. The maximum Gasteiger partial charge on any atom is 0.123 e. The lowest BCUT2D eigenvalue weighted by Crippen LogP contribution is -2.37. The van der Waals surface area contributed by atoms with E-state index >= 15 is 0 Å². The first-order valence-electron chi connectivity index (χ1n) is 9.47. The van der Waals surface area contributed by atoms with E-state index in [9.17, 15) is 0 Å². The topological polar surface area (TPSA) is 21.7 Å². The molecule has 3 nitrogen and oxygen atoms in total. The van der Waals surface area contributed by atoms with Gasteiger partial charge in [-0.15, -0.1) is 0 Å². The molecule has 0 unspecified atom stereocenters. The van der Waals surface area contributed by atoms with Crippen LogP contribution in [0.1, 0.15) is 11.1 Å². The van der Waals surface area contributed by atoms with Gasteiger partial charge in [0.1, 0.15) is 12.4 Å². The molecule has 0 bridgehead atoms.